The van der Waals surface area contributed by atoms with Crippen molar-refractivity contribution >= 4 is 22.4 Å². The first-order valence-corrected chi connectivity index (χ1v) is 9.30. The Bertz CT molecular complexity index is 655. The number of carbonyl (C=O) groups is 1. The molecular weight excluding hydrogens is 320 g/mol. The van der Waals surface area contributed by atoms with Crippen molar-refractivity contribution in [1.29, 1.82) is 0 Å². The van der Waals surface area contributed by atoms with E-state index in [2.05, 4.69) is 36.3 Å². The van der Waals surface area contributed by atoms with Crippen molar-refractivity contribution in [2.45, 2.75) is 44.6 Å². The van der Waals surface area contributed by atoms with Crippen LogP contribution in [0, 0.1) is 5.92 Å². The average Bonchev–Trinajstić information content (AvgIpc) is 3.05. The maximum Gasteiger partial charge on any atom is 0.226 e. The first-order chi connectivity index (χ1) is 11.5. The van der Waals surface area contributed by atoms with E-state index in [-0.39, 0.29) is 17.4 Å². The molecule has 1 aliphatic rings. The van der Waals surface area contributed by atoms with E-state index in [1.807, 2.05) is 23.6 Å². The number of thiazole rings is 1. The lowest BCUT2D eigenvalue weighted by molar-refractivity contribution is -0.118. The van der Waals surface area contributed by atoms with Crippen LogP contribution in [0.2, 0.25) is 0 Å². The van der Waals surface area contributed by atoms with Crippen molar-refractivity contribution in [2.75, 3.05) is 11.9 Å². The molecule has 0 spiro atoms. The highest BCUT2D eigenvalue weighted by Crippen LogP contribution is 2.40. The topological polar surface area (TPSA) is 51.2 Å². The van der Waals surface area contributed by atoms with Gasteiger partial charge in [-0.2, -0.15) is 0 Å². The molecule has 0 bridgehead atoms. The molecule has 2 aromatic rings. The fourth-order valence-electron chi connectivity index (χ4n) is 3.53. The summed E-state index contributed by atoms with van der Waals surface area (Å²) >= 11 is 1.45. The molecular formula is C19H24N2O2S. The normalized spacial score (nSPS) is 21.2. The molecule has 0 radical (unpaired) electrons. The van der Waals surface area contributed by atoms with Gasteiger partial charge in [0, 0.05) is 24.6 Å². The SMILES string of the molecule is CC1(C)C[C@@H]([C@H](CC(=O)Nc2nccs2)c2ccccc2)CCO1. The van der Waals surface area contributed by atoms with Crippen LogP contribution in [0.15, 0.2) is 41.9 Å². The standard InChI is InChI=1S/C19H24N2O2S/c1-19(2)13-15(8-10-23-19)16(14-6-4-3-5-7-14)12-17(22)21-18-20-9-11-24-18/h3-7,9,11,15-16H,8,10,12-13H2,1-2H3,(H,20,21,22)/t15-,16+/m0/s1. The van der Waals surface area contributed by atoms with Crippen LogP contribution in [0.3, 0.4) is 0 Å². The summed E-state index contributed by atoms with van der Waals surface area (Å²) < 4.78 is 5.86. The summed E-state index contributed by atoms with van der Waals surface area (Å²) in [5.74, 6) is 0.677. The maximum atomic E-state index is 12.5. The van der Waals surface area contributed by atoms with E-state index in [4.69, 9.17) is 4.74 Å². The van der Waals surface area contributed by atoms with E-state index in [1.165, 1.54) is 16.9 Å². The zero-order chi connectivity index (χ0) is 17.0. The lowest BCUT2D eigenvalue weighted by Gasteiger charge is -2.39. The number of ether oxygens (including phenoxy) is 1. The van der Waals surface area contributed by atoms with Gasteiger partial charge in [0.1, 0.15) is 0 Å². The van der Waals surface area contributed by atoms with Gasteiger partial charge >= 0.3 is 0 Å². The van der Waals surface area contributed by atoms with Gasteiger partial charge in [-0.05, 0) is 44.1 Å². The van der Waals surface area contributed by atoms with Crippen LogP contribution >= 0.6 is 11.3 Å². The number of benzene rings is 1. The minimum atomic E-state index is -0.123. The third kappa shape index (κ3) is 4.42. The fourth-order valence-corrected chi connectivity index (χ4v) is 4.08. The Kier molecular flexibility index (Phi) is 5.31. The van der Waals surface area contributed by atoms with Crippen molar-refractivity contribution in [3.05, 3.63) is 47.5 Å². The molecule has 2 atom stereocenters. The average molecular weight is 344 g/mol. The van der Waals surface area contributed by atoms with E-state index in [1.54, 1.807) is 6.20 Å². The number of carbonyl (C=O) groups excluding carboxylic acids is 1. The minimum absolute atomic E-state index is 0.0306. The summed E-state index contributed by atoms with van der Waals surface area (Å²) in [5, 5.41) is 5.45. The van der Waals surface area contributed by atoms with Crippen LogP contribution in [-0.4, -0.2) is 23.1 Å². The number of nitrogens with one attached hydrogen (secondary N) is 1. The van der Waals surface area contributed by atoms with Crippen LogP contribution in [0.5, 0.6) is 0 Å². The van der Waals surface area contributed by atoms with Gasteiger partial charge in [0.25, 0.3) is 0 Å². The molecule has 3 rings (SSSR count). The number of hydrogen-bond acceptors (Lipinski definition) is 4. The van der Waals surface area contributed by atoms with E-state index in [9.17, 15) is 4.79 Å². The van der Waals surface area contributed by atoms with Gasteiger partial charge < -0.3 is 10.1 Å². The number of rotatable bonds is 5. The van der Waals surface area contributed by atoms with E-state index in [0.717, 1.165) is 19.4 Å². The number of hydrogen-bond donors (Lipinski definition) is 1. The Morgan fingerprint density at radius 3 is 2.88 bits per heavy atom. The Labute approximate surface area is 147 Å². The lowest BCUT2D eigenvalue weighted by atomic mass is 9.75. The molecule has 0 unspecified atom stereocenters. The first kappa shape index (κ1) is 17.1. The smallest absolute Gasteiger partial charge is 0.226 e. The zero-order valence-corrected chi connectivity index (χ0v) is 15.0. The molecule has 1 N–H and O–H groups in total. The third-order valence-corrected chi connectivity index (χ3v) is 5.30. The van der Waals surface area contributed by atoms with Crippen LogP contribution in [-0.2, 0) is 9.53 Å². The summed E-state index contributed by atoms with van der Waals surface area (Å²) in [6.07, 6.45) is 4.14. The monoisotopic (exact) mass is 344 g/mol. The molecule has 1 saturated heterocycles. The van der Waals surface area contributed by atoms with E-state index in [0.29, 0.717) is 17.5 Å². The van der Waals surface area contributed by atoms with Crippen LogP contribution in [0.4, 0.5) is 5.13 Å². The zero-order valence-electron chi connectivity index (χ0n) is 14.2. The molecule has 1 aromatic heterocycles. The third-order valence-electron chi connectivity index (χ3n) is 4.62. The number of aromatic nitrogens is 1. The van der Waals surface area contributed by atoms with Crippen molar-refractivity contribution in [2.24, 2.45) is 5.92 Å². The molecule has 1 aliphatic heterocycles. The van der Waals surface area contributed by atoms with E-state index >= 15 is 0 Å². The highest BCUT2D eigenvalue weighted by Gasteiger charge is 2.35. The number of nitrogens with zero attached hydrogens (tertiary/aromatic N) is 1. The molecule has 1 amide bonds. The van der Waals surface area contributed by atoms with Crippen LogP contribution < -0.4 is 5.32 Å². The van der Waals surface area contributed by atoms with Gasteiger partial charge in [-0.1, -0.05) is 30.3 Å². The predicted octanol–water partition coefficient (Wildman–Crippen LogP) is 4.46. The summed E-state index contributed by atoms with van der Waals surface area (Å²) in [7, 11) is 0. The fraction of sp³-hybridized carbons (Fsp3) is 0.474. The van der Waals surface area contributed by atoms with Gasteiger partial charge in [-0.15, -0.1) is 11.3 Å². The summed E-state index contributed by atoms with van der Waals surface area (Å²) in [5.41, 5.74) is 1.11. The van der Waals surface area contributed by atoms with Gasteiger partial charge in [0.15, 0.2) is 5.13 Å². The second-order valence-electron chi connectivity index (χ2n) is 6.97. The molecule has 0 aliphatic carbocycles. The quantitative estimate of drug-likeness (QED) is 0.871. The Balaban J connectivity index is 1.76. The second-order valence-corrected chi connectivity index (χ2v) is 7.86. The number of anilines is 1. The van der Waals surface area contributed by atoms with Gasteiger partial charge in [0.05, 0.1) is 5.60 Å². The molecule has 0 saturated carbocycles. The molecule has 1 aromatic carbocycles. The van der Waals surface area contributed by atoms with Crippen LogP contribution in [0.25, 0.3) is 0 Å². The largest absolute Gasteiger partial charge is 0.376 e. The molecule has 128 valence electrons. The van der Waals surface area contributed by atoms with Crippen molar-refractivity contribution in [1.82, 2.24) is 4.98 Å². The van der Waals surface area contributed by atoms with E-state index < -0.39 is 0 Å². The van der Waals surface area contributed by atoms with Crippen molar-refractivity contribution in [3.63, 3.8) is 0 Å². The van der Waals surface area contributed by atoms with Crippen molar-refractivity contribution < 1.29 is 9.53 Å². The Hall–Kier alpha value is -1.72. The Morgan fingerprint density at radius 1 is 1.42 bits per heavy atom. The first-order valence-electron chi connectivity index (χ1n) is 8.42. The van der Waals surface area contributed by atoms with Crippen LogP contribution in [0.1, 0.15) is 44.6 Å². The molecule has 2 heterocycles. The molecule has 5 heteroatoms. The molecule has 24 heavy (non-hydrogen) atoms. The summed E-state index contributed by atoms with van der Waals surface area (Å²) in [6.45, 7) is 5.03. The molecule has 1 fully saturated rings. The van der Waals surface area contributed by atoms with Gasteiger partial charge in [-0.25, -0.2) is 4.98 Å². The predicted molar refractivity (Wildman–Crippen MR) is 97.3 cm³/mol. The lowest BCUT2D eigenvalue weighted by Crippen LogP contribution is -2.37. The summed E-state index contributed by atoms with van der Waals surface area (Å²) in [4.78, 5) is 16.7. The second kappa shape index (κ2) is 7.45. The maximum absolute atomic E-state index is 12.5. The van der Waals surface area contributed by atoms with Gasteiger partial charge in [-0.3, -0.25) is 4.79 Å². The number of amides is 1. The highest BCUT2D eigenvalue weighted by molar-refractivity contribution is 7.13. The highest BCUT2D eigenvalue weighted by atomic mass is 32.1. The molecule has 4 nitrogen and oxygen atoms in total. The van der Waals surface area contributed by atoms with Gasteiger partial charge in [0.2, 0.25) is 5.91 Å². The van der Waals surface area contributed by atoms with Crippen molar-refractivity contribution in [3.8, 4) is 0 Å². The summed E-state index contributed by atoms with van der Waals surface area (Å²) in [6, 6.07) is 10.4. The minimum Gasteiger partial charge on any atom is -0.376 e. The Morgan fingerprint density at radius 2 is 2.21 bits per heavy atom.